The molecule has 0 aromatic heterocycles. The number of ether oxygens (including phenoxy) is 2. The maximum Gasteiger partial charge on any atom is 0.132 e. The molecule has 0 aliphatic rings. The molecule has 3 nitrogen and oxygen atoms in total. The molecule has 0 N–H and O–H groups in total. The van der Waals surface area contributed by atoms with Crippen LogP contribution in [-0.2, 0) is 22.6 Å². The quantitative estimate of drug-likeness (QED) is 0.696. The summed E-state index contributed by atoms with van der Waals surface area (Å²) in [5, 5.41) is 0. The lowest BCUT2D eigenvalue weighted by Gasteiger charge is -2.17. The SMILES string of the molecule is COc1ccc(CO[C@H](CCc2ccccc2)CC(C)=O)cc1. The number of hydrogen-bond donors (Lipinski definition) is 0. The van der Waals surface area contributed by atoms with Gasteiger partial charge < -0.3 is 9.47 Å². The molecule has 2 aromatic rings. The molecular weight excluding hydrogens is 288 g/mol. The highest BCUT2D eigenvalue weighted by Gasteiger charge is 2.12. The normalized spacial score (nSPS) is 11.9. The monoisotopic (exact) mass is 312 g/mol. The summed E-state index contributed by atoms with van der Waals surface area (Å²) >= 11 is 0. The van der Waals surface area contributed by atoms with E-state index in [1.54, 1.807) is 14.0 Å². The molecule has 2 aromatic carbocycles. The summed E-state index contributed by atoms with van der Waals surface area (Å²) in [6.07, 6.45) is 2.18. The molecule has 122 valence electrons. The van der Waals surface area contributed by atoms with Crippen LogP contribution in [0.2, 0.25) is 0 Å². The van der Waals surface area contributed by atoms with Gasteiger partial charge in [-0.15, -0.1) is 0 Å². The molecule has 0 radical (unpaired) electrons. The van der Waals surface area contributed by atoms with Crippen molar-refractivity contribution >= 4 is 5.78 Å². The number of carbonyl (C=O) groups is 1. The van der Waals surface area contributed by atoms with Crippen molar-refractivity contribution in [2.75, 3.05) is 7.11 Å². The van der Waals surface area contributed by atoms with Crippen LogP contribution in [-0.4, -0.2) is 19.0 Å². The predicted octanol–water partition coefficient (Wildman–Crippen LogP) is 4.19. The summed E-state index contributed by atoms with van der Waals surface area (Å²) in [6, 6.07) is 18.1. The summed E-state index contributed by atoms with van der Waals surface area (Å²) in [5.41, 5.74) is 2.35. The Hall–Kier alpha value is -2.13. The van der Waals surface area contributed by atoms with Crippen molar-refractivity contribution in [2.24, 2.45) is 0 Å². The molecule has 0 bridgehead atoms. The van der Waals surface area contributed by atoms with Crippen LogP contribution in [0.3, 0.4) is 0 Å². The van der Waals surface area contributed by atoms with Crippen molar-refractivity contribution in [1.29, 1.82) is 0 Å². The van der Waals surface area contributed by atoms with Crippen LogP contribution in [0, 0.1) is 0 Å². The number of hydrogen-bond acceptors (Lipinski definition) is 3. The van der Waals surface area contributed by atoms with E-state index in [1.807, 2.05) is 42.5 Å². The summed E-state index contributed by atoms with van der Waals surface area (Å²) in [7, 11) is 1.65. The van der Waals surface area contributed by atoms with E-state index in [2.05, 4.69) is 12.1 Å². The zero-order valence-electron chi connectivity index (χ0n) is 13.8. The van der Waals surface area contributed by atoms with Gasteiger partial charge >= 0.3 is 0 Å². The van der Waals surface area contributed by atoms with E-state index in [1.165, 1.54) is 5.56 Å². The Labute approximate surface area is 138 Å². The third-order valence-electron chi connectivity index (χ3n) is 3.76. The van der Waals surface area contributed by atoms with Gasteiger partial charge in [-0.3, -0.25) is 4.79 Å². The first kappa shape index (κ1) is 17.2. The molecular formula is C20H24O3. The van der Waals surface area contributed by atoms with E-state index < -0.39 is 0 Å². The van der Waals surface area contributed by atoms with Gasteiger partial charge in [0.1, 0.15) is 11.5 Å². The first-order valence-corrected chi connectivity index (χ1v) is 7.95. The van der Waals surface area contributed by atoms with Crippen molar-refractivity contribution in [3.05, 3.63) is 65.7 Å². The second kappa shape index (κ2) is 9.11. The minimum Gasteiger partial charge on any atom is -0.497 e. The average Bonchev–Trinajstić information content (AvgIpc) is 2.58. The number of ketones is 1. The first-order valence-electron chi connectivity index (χ1n) is 7.95. The van der Waals surface area contributed by atoms with Crippen LogP contribution < -0.4 is 4.74 Å². The lowest BCUT2D eigenvalue weighted by atomic mass is 10.0. The van der Waals surface area contributed by atoms with Gasteiger partial charge in [-0.25, -0.2) is 0 Å². The number of methoxy groups -OCH3 is 1. The molecule has 0 aliphatic carbocycles. The van der Waals surface area contributed by atoms with Crippen LogP contribution in [0.4, 0.5) is 0 Å². The zero-order valence-corrected chi connectivity index (χ0v) is 13.8. The smallest absolute Gasteiger partial charge is 0.132 e. The van der Waals surface area contributed by atoms with Crippen molar-refractivity contribution in [3.63, 3.8) is 0 Å². The molecule has 0 amide bonds. The molecule has 23 heavy (non-hydrogen) atoms. The highest BCUT2D eigenvalue weighted by Crippen LogP contribution is 2.16. The highest BCUT2D eigenvalue weighted by atomic mass is 16.5. The first-order chi connectivity index (χ1) is 11.2. The summed E-state index contributed by atoms with van der Waals surface area (Å²) in [6.45, 7) is 2.13. The molecule has 2 rings (SSSR count). The lowest BCUT2D eigenvalue weighted by Crippen LogP contribution is -2.17. The minimum absolute atomic E-state index is 0.0465. The van der Waals surface area contributed by atoms with E-state index in [0.717, 1.165) is 24.2 Å². The van der Waals surface area contributed by atoms with Crippen LogP contribution in [0.15, 0.2) is 54.6 Å². The fourth-order valence-corrected chi connectivity index (χ4v) is 2.47. The highest BCUT2D eigenvalue weighted by molar-refractivity contribution is 5.75. The molecule has 0 fully saturated rings. The fraction of sp³-hybridized carbons (Fsp3) is 0.350. The maximum atomic E-state index is 11.5. The van der Waals surface area contributed by atoms with Crippen LogP contribution in [0.25, 0.3) is 0 Å². The van der Waals surface area contributed by atoms with Gasteiger partial charge in [0.25, 0.3) is 0 Å². The second-order valence-electron chi connectivity index (χ2n) is 5.71. The molecule has 0 aliphatic heterocycles. The fourth-order valence-electron chi connectivity index (χ4n) is 2.47. The predicted molar refractivity (Wildman–Crippen MR) is 91.6 cm³/mol. The molecule has 0 spiro atoms. The average molecular weight is 312 g/mol. The number of carbonyl (C=O) groups excluding carboxylic acids is 1. The van der Waals surface area contributed by atoms with Crippen LogP contribution >= 0.6 is 0 Å². The Morgan fingerprint density at radius 1 is 1.00 bits per heavy atom. The molecule has 0 saturated heterocycles. The van der Waals surface area contributed by atoms with Gasteiger partial charge in [0, 0.05) is 6.42 Å². The van der Waals surface area contributed by atoms with Gasteiger partial charge in [0.05, 0.1) is 19.8 Å². The van der Waals surface area contributed by atoms with Gasteiger partial charge in [0.2, 0.25) is 0 Å². The molecule has 0 saturated carbocycles. The van der Waals surface area contributed by atoms with Crippen molar-refractivity contribution in [1.82, 2.24) is 0 Å². The topological polar surface area (TPSA) is 35.5 Å². The largest absolute Gasteiger partial charge is 0.497 e. The van der Waals surface area contributed by atoms with E-state index >= 15 is 0 Å². The standard InChI is InChI=1S/C20H24O3/c1-16(21)14-20(13-8-17-6-4-3-5-7-17)23-15-18-9-11-19(22-2)12-10-18/h3-7,9-12,20H,8,13-15H2,1-2H3/t20-/m1/s1. The van der Waals surface area contributed by atoms with E-state index in [9.17, 15) is 4.79 Å². The Morgan fingerprint density at radius 2 is 1.70 bits per heavy atom. The number of rotatable bonds is 9. The molecule has 1 atom stereocenters. The summed E-state index contributed by atoms with van der Waals surface area (Å²) in [5.74, 6) is 0.996. The Balaban J connectivity index is 1.88. The van der Waals surface area contributed by atoms with Gasteiger partial charge in [-0.2, -0.15) is 0 Å². The van der Waals surface area contributed by atoms with Gasteiger partial charge in [-0.1, -0.05) is 42.5 Å². The van der Waals surface area contributed by atoms with E-state index in [0.29, 0.717) is 13.0 Å². The maximum absolute atomic E-state index is 11.5. The van der Waals surface area contributed by atoms with E-state index in [-0.39, 0.29) is 11.9 Å². The lowest BCUT2D eigenvalue weighted by molar-refractivity contribution is -0.120. The minimum atomic E-state index is -0.0465. The zero-order chi connectivity index (χ0) is 16.5. The Bertz CT molecular complexity index is 590. The van der Waals surface area contributed by atoms with Crippen LogP contribution in [0.5, 0.6) is 5.75 Å². The third kappa shape index (κ3) is 6.25. The van der Waals surface area contributed by atoms with Crippen molar-refractivity contribution in [3.8, 4) is 5.75 Å². The number of aryl methyl sites for hydroxylation is 1. The van der Waals surface area contributed by atoms with Gasteiger partial charge in [-0.05, 0) is 43.0 Å². The van der Waals surface area contributed by atoms with E-state index in [4.69, 9.17) is 9.47 Å². The Morgan fingerprint density at radius 3 is 2.30 bits per heavy atom. The number of benzene rings is 2. The summed E-state index contributed by atoms with van der Waals surface area (Å²) < 4.78 is 11.1. The summed E-state index contributed by atoms with van der Waals surface area (Å²) in [4.78, 5) is 11.5. The molecule has 0 heterocycles. The molecule has 0 unspecified atom stereocenters. The Kier molecular flexibility index (Phi) is 6.82. The third-order valence-corrected chi connectivity index (χ3v) is 3.76. The van der Waals surface area contributed by atoms with Crippen molar-refractivity contribution < 1.29 is 14.3 Å². The molecule has 3 heteroatoms. The number of Topliss-reactive ketones (excluding diaryl/α,β-unsaturated/α-hetero) is 1. The van der Waals surface area contributed by atoms with Gasteiger partial charge in [0.15, 0.2) is 0 Å². The van der Waals surface area contributed by atoms with Crippen LogP contribution in [0.1, 0.15) is 30.9 Å². The second-order valence-corrected chi connectivity index (χ2v) is 5.71. The van der Waals surface area contributed by atoms with Crippen molar-refractivity contribution in [2.45, 2.75) is 38.9 Å².